The topological polar surface area (TPSA) is 99.2 Å². The number of fused-ring (bicyclic) bond motifs is 1. The average molecular weight is 437 g/mol. The fourth-order valence-electron chi connectivity index (χ4n) is 3.80. The van der Waals surface area contributed by atoms with Crippen molar-refractivity contribution in [2.75, 3.05) is 38.7 Å². The average Bonchev–Trinajstić information content (AvgIpc) is 3.16. The standard InChI is InChI=1S/C19H22Cl2N6O2/c1-10(26-19-16-18(23-8-22-16)24-9-25-19)12-5-13(20)15(21)14(17(12)29-2)11-6-27(7-11)3-4-28/h5,8-11,28H,3-4,6-7H2,1-2H3,(H2,22,23,24,25,26). The molecule has 0 saturated carbocycles. The highest BCUT2D eigenvalue weighted by Crippen LogP contribution is 2.45. The summed E-state index contributed by atoms with van der Waals surface area (Å²) in [7, 11) is 1.64. The molecule has 1 atom stereocenters. The summed E-state index contributed by atoms with van der Waals surface area (Å²) in [6, 6.07) is 1.67. The molecule has 0 spiro atoms. The molecule has 0 aliphatic carbocycles. The maximum Gasteiger partial charge on any atom is 0.182 e. The highest BCUT2D eigenvalue weighted by molar-refractivity contribution is 6.42. The summed E-state index contributed by atoms with van der Waals surface area (Å²) in [4.78, 5) is 17.9. The molecule has 0 bridgehead atoms. The minimum atomic E-state index is -0.159. The Kier molecular flexibility index (Phi) is 5.78. The Morgan fingerprint density at radius 1 is 1.34 bits per heavy atom. The van der Waals surface area contributed by atoms with E-state index >= 15 is 0 Å². The van der Waals surface area contributed by atoms with Crippen LogP contribution in [0.4, 0.5) is 5.82 Å². The van der Waals surface area contributed by atoms with Crippen LogP contribution in [0.2, 0.25) is 10.0 Å². The monoisotopic (exact) mass is 436 g/mol. The third-order valence-corrected chi connectivity index (χ3v) is 6.07. The van der Waals surface area contributed by atoms with Crippen molar-refractivity contribution in [3.63, 3.8) is 0 Å². The van der Waals surface area contributed by atoms with Crippen LogP contribution in [0.15, 0.2) is 18.7 Å². The third kappa shape index (κ3) is 3.73. The zero-order valence-corrected chi connectivity index (χ0v) is 17.6. The molecule has 4 rings (SSSR count). The van der Waals surface area contributed by atoms with E-state index in [0.29, 0.717) is 28.1 Å². The van der Waals surface area contributed by atoms with E-state index in [1.807, 2.05) is 13.0 Å². The quantitative estimate of drug-likeness (QED) is 0.522. The molecule has 1 saturated heterocycles. The zero-order valence-electron chi connectivity index (χ0n) is 16.1. The van der Waals surface area contributed by atoms with Crippen LogP contribution >= 0.6 is 23.2 Å². The van der Waals surface area contributed by atoms with Gasteiger partial charge in [0.1, 0.15) is 17.6 Å². The second-order valence-corrected chi connectivity index (χ2v) is 7.86. The van der Waals surface area contributed by atoms with E-state index in [9.17, 15) is 0 Å². The molecular weight excluding hydrogens is 415 g/mol. The van der Waals surface area contributed by atoms with Gasteiger partial charge in [0.2, 0.25) is 0 Å². The number of hydrogen-bond acceptors (Lipinski definition) is 7. The number of aromatic amines is 1. The molecule has 1 aliphatic heterocycles. The van der Waals surface area contributed by atoms with Crippen molar-refractivity contribution in [2.24, 2.45) is 0 Å². The number of β-amino-alcohol motifs (C(OH)–C–C–N with tert-alkyl or cyclic N) is 1. The first-order valence-electron chi connectivity index (χ1n) is 9.33. The number of hydrogen-bond donors (Lipinski definition) is 3. The summed E-state index contributed by atoms with van der Waals surface area (Å²) in [5.41, 5.74) is 3.13. The molecule has 8 nitrogen and oxygen atoms in total. The Morgan fingerprint density at radius 3 is 2.86 bits per heavy atom. The largest absolute Gasteiger partial charge is 0.496 e. The van der Waals surface area contributed by atoms with Crippen LogP contribution in [0, 0.1) is 0 Å². The van der Waals surface area contributed by atoms with Gasteiger partial charge in [-0.2, -0.15) is 0 Å². The van der Waals surface area contributed by atoms with Crippen LogP contribution in [-0.2, 0) is 0 Å². The first-order valence-corrected chi connectivity index (χ1v) is 10.1. The predicted molar refractivity (Wildman–Crippen MR) is 113 cm³/mol. The minimum absolute atomic E-state index is 0.139. The van der Waals surface area contributed by atoms with Crippen LogP contribution < -0.4 is 10.1 Å². The van der Waals surface area contributed by atoms with Crippen molar-refractivity contribution >= 4 is 40.2 Å². The number of rotatable bonds is 7. The number of likely N-dealkylation sites (tertiary alicyclic amines) is 1. The summed E-state index contributed by atoms with van der Waals surface area (Å²) in [6.45, 7) is 4.41. The van der Waals surface area contributed by atoms with E-state index < -0.39 is 0 Å². The lowest BCUT2D eigenvalue weighted by Gasteiger charge is -2.40. The lowest BCUT2D eigenvalue weighted by atomic mass is 9.88. The first-order chi connectivity index (χ1) is 14.0. The van der Waals surface area contributed by atoms with Gasteiger partial charge in [-0.3, -0.25) is 4.90 Å². The maximum absolute atomic E-state index is 9.14. The molecule has 3 aromatic rings. The highest BCUT2D eigenvalue weighted by atomic mass is 35.5. The Labute approximate surface area is 178 Å². The van der Waals surface area contributed by atoms with Gasteiger partial charge in [-0.15, -0.1) is 0 Å². The summed E-state index contributed by atoms with van der Waals surface area (Å²) in [5, 5.41) is 13.5. The molecule has 1 aliphatic rings. The number of aliphatic hydroxyl groups is 1. The number of nitrogens with one attached hydrogen (secondary N) is 2. The van der Waals surface area contributed by atoms with Gasteiger partial charge in [-0.05, 0) is 13.0 Å². The number of halogens is 2. The van der Waals surface area contributed by atoms with Crippen molar-refractivity contribution in [1.29, 1.82) is 0 Å². The van der Waals surface area contributed by atoms with Gasteiger partial charge in [0, 0.05) is 36.7 Å². The molecule has 1 aromatic carbocycles. The third-order valence-electron chi connectivity index (χ3n) is 5.26. The van der Waals surface area contributed by atoms with Crippen LogP contribution in [0.5, 0.6) is 5.75 Å². The number of H-pyrrole nitrogens is 1. The van der Waals surface area contributed by atoms with Crippen molar-refractivity contribution < 1.29 is 9.84 Å². The molecule has 154 valence electrons. The SMILES string of the molecule is COc1c(C(C)Nc2ncnc3nc[nH]c23)cc(Cl)c(Cl)c1C1CN(CCO)C1. The van der Waals surface area contributed by atoms with E-state index in [2.05, 4.69) is 30.2 Å². The number of benzene rings is 1. The van der Waals surface area contributed by atoms with Gasteiger partial charge in [0.15, 0.2) is 11.5 Å². The molecule has 0 amide bonds. The molecule has 10 heteroatoms. The molecule has 3 N–H and O–H groups in total. The van der Waals surface area contributed by atoms with Gasteiger partial charge in [0.25, 0.3) is 0 Å². The molecule has 1 unspecified atom stereocenters. The number of methoxy groups -OCH3 is 1. The second-order valence-electron chi connectivity index (χ2n) is 7.08. The Morgan fingerprint density at radius 2 is 2.14 bits per heavy atom. The molecule has 3 heterocycles. The number of aromatic nitrogens is 4. The minimum Gasteiger partial charge on any atom is -0.496 e. The summed E-state index contributed by atoms with van der Waals surface area (Å²) < 4.78 is 5.79. The molecular formula is C19H22Cl2N6O2. The Balaban J connectivity index is 1.67. The van der Waals surface area contributed by atoms with Crippen LogP contribution in [0.3, 0.4) is 0 Å². The van der Waals surface area contributed by atoms with Gasteiger partial charge in [-0.25, -0.2) is 15.0 Å². The van der Waals surface area contributed by atoms with Crippen molar-refractivity contribution in [1.82, 2.24) is 24.8 Å². The molecule has 29 heavy (non-hydrogen) atoms. The summed E-state index contributed by atoms with van der Waals surface area (Å²) in [6.07, 6.45) is 3.06. The van der Waals surface area contributed by atoms with Crippen molar-refractivity contribution in [3.05, 3.63) is 39.9 Å². The van der Waals surface area contributed by atoms with Crippen LogP contribution in [0.1, 0.15) is 30.0 Å². The first kappa shape index (κ1) is 20.2. The van der Waals surface area contributed by atoms with Crippen molar-refractivity contribution in [3.8, 4) is 5.75 Å². The number of aliphatic hydroxyl groups excluding tert-OH is 1. The number of anilines is 1. The smallest absolute Gasteiger partial charge is 0.182 e. The van der Waals surface area contributed by atoms with E-state index in [4.69, 9.17) is 33.0 Å². The van der Waals surface area contributed by atoms with E-state index in [1.54, 1.807) is 13.4 Å². The number of ether oxygens (including phenoxy) is 1. The predicted octanol–water partition coefficient (Wildman–Crippen LogP) is 3.23. The second kappa shape index (κ2) is 8.31. The lowest BCUT2D eigenvalue weighted by molar-refractivity contribution is 0.114. The van der Waals surface area contributed by atoms with Crippen LogP contribution in [0.25, 0.3) is 11.2 Å². The van der Waals surface area contributed by atoms with Crippen molar-refractivity contribution in [2.45, 2.75) is 18.9 Å². The van der Waals surface area contributed by atoms with Crippen LogP contribution in [-0.4, -0.2) is 63.3 Å². The summed E-state index contributed by atoms with van der Waals surface area (Å²) in [5.74, 6) is 1.57. The fourth-order valence-corrected chi connectivity index (χ4v) is 4.31. The van der Waals surface area contributed by atoms with Gasteiger partial charge in [-0.1, -0.05) is 23.2 Å². The van der Waals surface area contributed by atoms with E-state index in [-0.39, 0.29) is 18.6 Å². The molecule has 2 aromatic heterocycles. The van der Waals surface area contributed by atoms with Gasteiger partial charge < -0.3 is 20.1 Å². The Hall–Kier alpha value is -2.13. The lowest BCUT2D eigenvalue weighted by Crippen LogP contribution is -2.46. The van der Waals surface area contributed by atoms with Gasteiger partial charge >= 0.3 is 0 Å². The number of imidazole rings is 1. The fraction of sp³-hybridized carbons (Fsp3) is 0.421. The molecule has 1 fully saturated rings. The summed E-state index contributed by atoms with van der Waals surface area (Å²) >= 11 is 13.1. The molecule has 0 radical (unpaired) electrons. The normalized spacial score (nSPS) is 16.0. The zero-order chi connectivity index (χ0) is 20.5. The Bertz CT molecular complexity index is 1020. The van der Waals surface area contributed by atoms with E-state index in [0.717, 1.165) is 35.5 Å². The number of nitrogens with zero attached hydrogens (tertiary/aromatic N) is 4. The van der Waals surface area contributed by atoms with Gasteiger partial charge in [0.05, 0.1) is 36.1 Å². The van der Waals surface area contributed by atoms with E-state index in [1.165, 1.54) is 6.33 Å². The maximum atomic E-state index is 9.14. The highest BCUT2D eigenvalue weighted by Gasteiger charge is 2.34.